The molecule has 0 aromatic carbocycles. The Balaban J connectivity index is 3.17. The van der Waals surface area contributed by atoms with Crippen LogP contribution in [0.3, 0.4) is 0 Å². The van der Waals surface area contributed by atoms with Crippen molar-refractivity contribution in [2.24, 2.45) is 0 Å². The van der Waals surface area contributed by atoms with E-state index in [-0.39, 0.29) is 0 Å². The molecule has 0 fully saturated rings. The van der Waals surface area contributed by atoms with E-state index in [2.05, 4.69) is 56.2 Å². The van der Waals surface area contributed by atoms with Crippen molar-refractivity contribution in [2.45, 2.75) is 13.3 Å². The third kappa shape index (κ3) is 5.06. The zero-order valence-electron chi connectivity index (χ0n) is 4.25. The predicted molar refractivity (Wildman–Crippen MR) is 51.3 cm³/mol. The number of alkyl halides is 1. The average Bonchev–Trinajstić information content (AvgIpc) is 1.68. The van der Waals surface area contributed by atoms with Crippen molar-refractivity contribution >= 4 is 45.2 Å². The Morgan fingerprint density at radius 1 is 1.71 bits per heavy atom. The summed E-state index contributed by atoms with van der Waals surface area (Å²) in [5.74, 6) is 0. The lowest BCUT2D eigenvalue weighted by Crippen LogP contribution is -1.72. The second-order valence-electron chi connectivity index (χ2n) is 1.39. The van der Waals surface area contributed by atoms with E-state index in [0.717, 1.165) is 0 Å². The number of halogens is 2. The van der Waals surface area contributed by atoms with Gasteiger partial charge < -0.3 is 0 Å². The van der Waals surface area contributed by atoms with E-state index < -0.39 is 0 Å². The van der Waals surface area contributed by atoms with Crippen molar-refractivity contribution in [2.75, 3.05) is 4.43 Å². The molecule has 42 valence electrons. The molecular weight excluding hydrogens is 314 g/mol. The summed E-state index contributed by atoms with van der Waals surface area (Å²) in [6.45, 7) is 2.16. The summed E-state index contributed by atoms with van der Waals surface area (Å²) in [7, 11) is 0. The van der Waals surface area contributed by atoms with Crippen LogP contribution in [0.2, 0.25) is 0 Å². The Labute approximate surface area is 72.0 Å². The molecule has 0 aliphatic heterocycles. The lowest BCUT2D eigenvalue weighted by atomic mass is 10.3. The van der Waals surface area contributed by atoms with Crippen LogP contribution in [0.1, 0.15) is 13.3 Å². The van der Waals surface area contributed by atoms with Gasteiger partial charge in [0.2, 0.25) is 0 Å². The fourth-order valence-electron chi connectivity index (χ4n) is 0.204. The largest absolute Gasteiger partial charge is 0.0860 e. The Hall–Kier alpha value is 1.20. The molecule has 0 radical (unpaired) electrons. The minimum atomic E-state index is 1.24. The van der Waals surface area contributed by atoms with Crippen molar-refractivity contribution in [3.8, 4) is 0 Å². The number of allylic oxidation sites excluding steroid dienone is 1. The quantitative estimate of drug-likeness (QED) is 0.541. The fourth-order valence-corrected chi connectivity index (χ4v) is 1.37. The molecule has 0 saturated carbocycles. The van der Waals surface area contributed by atoms with Gasteiger partial charge in [0.05, 0.1) is 0 Å². The first-order valence-electron chi connectivity index (χ1n) is 2.13. The Morgan fingerprint density at radius 3 is 2.43 bits per heavy atom. The van der Waals surface area contributed by atoms with Gasteiger partial charge in [0, 0.05) is 4.43 Å². The minimum absolute atomic E-state index is 1.24. The first-order valence-corrected chi connectivity index (χ1v) is 4.90. The molecule has 0 heterocycles. The van der Waals surface area contributed by atoms with Crippen molar-refractivity contribution in [1.82, 2.24) is 0 Å². The van der Waals surface area contributed by atoms with E-state index in [1.807, 2.05) is 0 Å². The van der Waals surface area contributed by atoms with Gasteiger partial charge in [0.15, 0.2) is 0 Å². The smallest absolute Gasteiger partial charge is 0.00327 e. The summed E-state index contributed by atoms with van der Waals surface area (Å²) in [6, 6.07) is 0. The molecule has 0 saturated heterocycles. The van der Waals surface area contributed by atoms with Gasteiger partial charge in [-0.05, 0) is 17.4 Å². The van der Waals surface area contributed by atoms with Crippen LogP contribution >= 0.6 is 45.2 Å². The molecule has 0 spiro atoms. The Morgan fingerprint density at radius 2 is 2.29 bits per heavy atom. The maximum Gasteiger partial charge on any atom is 0.00327 e. The SMILES string of the molecule is C/C(=C\I)CCI. The third-order valence-electron chi connectivity index (χ3n) is 0.675. The monoisotopic (exact) mass is 322 g/mol. The minimum Gasteiger partial charge on any atom is -0.0860 e. The first kappa shape index (κ1) is 8.20. The molecule has 0 nitrogen and oxygen atoms in total. The van der Waals surface area contributed by atoms with E-state index >= 15 is 0 Å². The highest BCUT2D eigenvalue weighted by molar-refractivity contribution is 14.1. The summed E-state index contributed by atoms with van der Waals surface area (Å²) >= 11 is 4.65. The van der Waals surface area contributed by atoms with Gasteiger partial charge in [-0.25, -0.2) is 0 Å². The zero-order chi connectivity index (χ0) is 5.70. The molecule has 0 rings (SSSR count). The van der Waals surface area contributed by atoms with E-state index in [9.17, 15) is 0 Å². The Kier molecular flexibility index (Phi) is 6.25. The molecule has 2 heteroatoms. The van der Waals surface area contributed by atoms with Crippen LogP contribution in [-0.4, -0.2) is 4.43 Å². The fraction of sp³-hybridized carbons (Fsp3) is 0.600. The zero-order valence-corrected chi connectivity index (χ0v) is 8.56. The van der Waals surface area contributed by atoms with Gasteiger partial charge in [-0.15, -0.1) is 0 Å². The molecule has 0 amide bonds. The number of hydrogen-bond acceptors (Lipinski definition) is 0. The van der Waals surface area contributed by atoms with Gasteiger partial charge in [-0.2, -0.15) is 0 Å². The van der Waals surface area contributed by atoms with Crippen molar-refractivity contribution in [3.63, 3.8) is 0 Å². The van der Waals surface area contributed by atoms with Gasteiger partial charge in [0.1, 0.15) is 0 Å². The van der Waals surface area contributed by atoms with Crippen LogP contribution in [0.5, 0.6) is 0 Å². The predicted octanol–water partition coefficient (Wildman–Crippen LogP) is 3.15. The highest BCUT2D eigenvalue weighted by atomic mass is 127. The van der Waals surface area contributed by atoms with Gasteiger partial charge in [0.25, 0.3) is 0 Å². The van der Waals surface area contributed by atoms with Gasteiger partial charge in [-0.1, -0.05) is 50.8 Å². The van der Waals surface area contributed by atoms with Crippen molar-refractivity contribution < 1.29 is 0 Å². The summed E-state index contributed by atoms with van der Waals surface area (Å²) < 4.78 is 3.37. The second-order valence-corrected chi connectivity index (χ2v) is 3.10. The normalized spacial score (nSPS) is 12.1. The van der Waals surface area contributed by atoms with Gasteiger partial charge >= 0.3 is 0 Å². The van der Waals surface area contributed by atoms with E-state index in [1.54, 1.807) is 0 Å². The van der Waals surface area contributed by atoms with E-state index in [0.29, 0.717) is 0 Å². The molecule has 0 bridgehead atoms. The van der Waals surface area contributed by atoms with Crippen LogP contribution in [0, 0.1) is 0 Å². The molecule has 0 N–H and O–H groups in total. The lowest BCUT2D eigenvalue weighted by molar-refractivity contribution is 1.14. The summed E-state index contributed by atoms with van der Waals surface area (Å²) in [5, 5.41) is 0. The van der Waals surface area contributed by atoms with E-state index in [1.165, 1.54) is 16.4 Å². The van der Waals surface area contributed by atoms with Crippen LogP contribution in [0.15, 0.2) is 9.66 Å². The molecule has 0 atom stereocenters. The number of rotatable bonds is 2. The van der Waals surface area contributed by atoms with Crippen LogP contribution in [0.4, 0.5) is 0 Å². The molecular formula is C5H8I2. The molecule has 0 aliphatic carbocycles. The van der Waals surface area contributed by atoms with Gasteiger partial charge in [-0.3, -0.25) is 0 Å². The number of hydrogen-bond donors (Lipinski definition) is 0. The summed E-state index contributed by atoms with van der Waals surface area (Å²) in [4.78, 5) is 0. The van der Waals surface area contributed by atoms with Crippen molar-refractivity contribution in [3.05, 3.63) is 9.66 Å². The molecule has 0 aromatic rings. The molecule has 0 unspecified atom stereocenters. The standard InChI is InChI=1S/C5H8I2/c1-5(4-7)2-3-6/h4H,2-3H2,1H3/b5-4+. The van der Waals surface area contributed by atoms with Crippen LogP contribution in [0.25, 0.3) is 0 Å². The molecule has 0 aromatic heterocycles. The van der Waals surface area contributed by atoms with E-state index in [4.69, 9.17) is 0 Å². The lowest BCUT2D eigenvalue weighted by Gasteiger charge is -1.89. The Bertz CT molecular complexity index is 66.5. The second kappa shape index (κ2) is 5.34. The van der Waals surface area contributed by atoms with Crippen LogP contribution < -0.4 is 0 Å². The molecule has 7 heavy (non-hydrogen) atoms. The highest BCUT2D eigenvalue weighted by Gasteiger charge is 1.81. The van der Waals surface area contributed by atoms with Crippen LogP contribution in [-0.2, 0) is 0 Å². The topological polar surface area (TPSA) is 0 Å². The maximum absolute atomic E-state index is 2.38. The first-order chi connectivity index (χ1) is 3.31. The summed E-state index contributed by atoms with van der Waals surface area (Å²) in [5.41, 5.74) is 1.48. The summed E-state index contributed by atoms with van der Waals surface area (Å²) in [6.07, 6.45) is 1.24. The molecule has 0 aliphatic rings. The van der Waals surface area contributed by atoms with Crippen molar-refractivity contribution in [1.29, 1.82) is 0 Å². The average molecular weight is 322 g/mol. The third-order valence-corrected chi connectivity index (χ3v) is 2.28. The maximum atomic E-state index is 2.38. The highest BCUT2D eigenvalue weighted by Crippen LogP contribution is 2.04.